The minimum Gasteiger partial charge on any atom is -0.495 e. The van der Waals surface area contributed by atoms with Gasteiger partial charge in [-0.25, -0.2) is 4.79 Å². The summed E-state index contributed by atoms with van der Waals surface area (Å²) in [7, 11) is 4.73. The number of carbonyl (C=O) groups excluding carboxylic acids is 1. The molecule has 0 bridgehead atoms. The van der Waals surface area contributed by atoms with E-state index in [9.17, 15) is 4.79 Å². The Kier molecular flexibility index (Phi) is 3.55. The molecule has 0 aliphatic rings. The fraction of sp³-hybridized carbons (Fsp3) is 0.364. The van der Waals surface area contributed by atoms with Gasteiger partial charge in [0.1, 0.15) is 5.75 Å². The highest BCUT2D eigenvalue weighted by Gasteiger charge is 2.12. The molecule has 0 unspecified atom stereocenters. The topological polar surface area (TPSA) is 47.6 Å². The summed E-state index contributed by atoms with van der Waals surface area (Å²) in [5.41, 5.74) is 2.31. The highest BCUT2D eigenvalue weighted by molar-refractivity contribution is 5.91. The largest absolute Gasteiger partial charge is 0.495 e. The fourth-order valence-corrected chi connectivity index (χ4v) is 1.47. The SMILES string of the molecule is CNc1c(C)cc(C(=O)OC)cc1OC. The molecule has 1 rings (SSSR count). The molecule has 0 heterocycles. The van der Waals surface area contributed by atoms with Crippen LogP contribution in [0.5, 0.6) is 5.75 Å². The Hall–Kier alpha value is -1.71. The smallest absolute Gasteiger partial charge is 0.337 e. The molecule has 0 atom stereocenters. The van der Waals surface area contributed by atoms with Crippen molar-refractivity contribution in [1.29, 1.82) is 0 Å². The van der Waals surface area contributed by atoms with Gasteiger partial charge in [0, 0.05) is 7.05 Å². The van der Waals surface area contributed by atoms with Crippen LogP contribution in [0.4, 0.5) is 5.69 Å². The predicted octanol–water partition coefficient (Wildman–Crippen LogP) is 1.83. The fourth-order valence-electron chi connectivity index (χ4n) is 1.47. The Morgan fingerprint density at radius 3 is 2.47 bits per heavy atom. The molecule has 15 heavy (non-hydrogen) atoms. The van der Waals surface area contributed by atoms with Crippen molar-refractivity contribution in [1.82, 2.24) is 0 Å². The molecule has 4 heteroatoms. The van der Waals surface area contributed by atoms with Crippen LogP contribution in [0.1, 0.15) is 15.9 Å². The summed E-state index contributed by atoms with van der Waals surface area (Å²) in [6.45, 7) is 1.90. The first-order valence-corrected chi connectivity index (χ1v) is 4.58. The van der Waals surface area contributed by atoms with Gasteiger partial charge in [-0.05, 0) is 24.6 Å². The number of benzene rings is 1. The molecule has 82 valence electrons. The van der Waals surface area contributed by atoms with Gasteiger partial charge < -0.3 is 14.8 Å². The van der Waals surface area contributed by atoms with Crippen molar-refractivity contribution >= 4 is 11.7 Å². The van der Waals surface area contributed by atoms with Crippen molar-refractivity contribution in [3.8, 4) is 5.75 Å². The van der Waals surface area contributed by atoms with E-state index in [1.807, 2.05) is 14.0 Å². The van der Waals surface area contributed by atoms with Gasteiger partial charge in [-0.3, -0.25) is 0 Å². The van der Waals surface area contributed by atoms with Crippen LogP contribution < -0.4 is 10.1 Å². The zero-order valence-electron chi connectivity index (χ0n) is 9.38. The Morgan fingerprint density at radius 1 is 1.33 bits per heavy atom. The van der Waals surface area contributed by atoms with Gasteiger partial charge in [-0.1, -0.05) is 0 Å². The zero-order valence-corrected chi connectivity index (χ0v) is 9.38. The Labute approximate surface area is 89.2 Å². The van der Waals surface area contributed by atoms with E-state index in [-0.39, 0.29) is 5.97 Å². The van der Waals surface area contributed by atoms with Crippen molar-refractivity contribution < 1.29 is 14.3 Å². The van der Waals surface area contributed by atoms with E-state index >= 15 is 0 Å². The highest BCUT2D eigenvalue weighted by atomic mass is 16.5. The van der Waals surface area contributed by atoms with Crippen LogP contribution in [-0.4, -0.2) is 27.2 Å². The Morgan fingerprint density at radius 2 is 2.00 bits per heavy atom. The van der Waals surface area contributed by atoms with Crippen LogP contribution in [-0.2, 0) is 4.74 Å². The monoisotopic (exact) mass is 209 g/mol. The van der Waals surface area contributed by atoms with Crippen LogP contribution in [0.3, 0.4) is 0 Å². The number of hydrogen-bond donors (Lipinski definition) is 1. The van der Waals surface area contributed by atoms with Gasteiger partial charge in [-0.2, -0.15) is 0 Å². The van der Waals surface area contributed by atoms with Crippen LogP contribution in [0.2, 0.25) is 0 Å². The summed E-state index contributed by atoms with van der Waals surface area (Å²) in [5, 5.41) is 3.02. The molecule has 0 aliphatic heterocycles. The van der Waals surface area contributed by atoms with Crippen LogP contribution in [0, 0.1) is 6.92 Å². The van der Waals surface area contributed by atoms with E-state index in [0.717, 1.165) is 11.3 Å². The van der Waals surface area contributed by atoms with Crippen molar-refractivity contribution in [2.45, 2.75) is 6.92 Å². The minimum atomic E-state index is -0.362. The lowest BCUT2D eigenvalue weighted by atomic mass is 10.1. The molecule has 0 aliphatic carbocycles. The molecule has 0 radical (unpaired) electrons. The quantitative estimate of drug-likeness (QED) is 0.771. The van der Waals surface area contributed by atoms with Gasteiger partial charge in [0.15, 0.2) is 0 Å². The third-order valence-corrected chi connectivity index (χ3v) is 2.19. The summed E-state index contributed by atoms with van der Waals surface area (Å²) in [6.07, 6.45) is 0. The maximum atomic E-state index is 11.3. The summed E-state index contributed by atoms with van der Waals surface area (Å²) in [4.78, 5) is 11.3. The van der Waals surface area contributed by atoms with Crippen molar-refractivity contribution in [2.75, 3.05) is 26.6 Å². The molecular formula is C11H15NO3. The third-order valence-electron chi connectivity index (χ3n) is 2.19. The molecule has 1 aromatic carbocycles. The average molecular weight is 209 g/mol. The molecule has 0 fully saturated rings. The maximum absolute atomic E-state index is 11.3. The zero-order chi connectivity index (χ0) is 11.4. The number of hydrogen-bond acceptors (Lipinski definition) is 4. The minimum absolute atomic E-state index is 0.362. The van der Waals surface area contributed by atoms with Gasteiger partial charge in [0.25, 0.3) is 0 Å². The number of rotatable bonds is 3. The number of carbonyl (C=O) groups is 1. The summed E-state index contributed by atoms with van der Waals surface area (Å²) >= 11 is 0. The molecule has 1 N–H and O–H groups in total. The average Bonchev–Trinajstić information content (AvgIpc) is 2.26. The van der Waals surface area contributed by atoms with Crippen LogP contribution >= 0.6 is 0 Å². The number of nitrogens with one attached hydrogen (secondary N) is 1. The first kappa shape index (κ1) is 11.4. The Bertz CT molecular complexity index is 374. The number of methoxy groups -OCH3 is 2. The predicted molar refractivity (Wildman–Crippen MR) is 58.6 cm³/mol. The van der Waals surface area contributed by atoms with Gasteiger partial charge >= 0.3 is 5.97 Å². The molecule has 1 aromatic rings. The number of ether oxygens (including phenoxy) is 2. The van der Waals surface area contributed by atoms with Gasteiger partial charge in [0.05, 0.1) is 25.5 Å². The summed E-state index contributed by atoms with van der Waals surface area (Å²) < 4.78 is 9.83. The Balaban J connectivity index is 3.25. The van der Waals surface area contributed by atoms with Crippen LogP contribution in [0.25, 0.3) is 0 Å². The molecule has 0 saturated carbocycles. The molecule has 0 amide bonds. The summed E-state index contributed by atoms with van der Waals surface area (Å²) in [6, 6.07) is 3.42. The second-order valence-corrected chi connectivity index (χ2v) is 3.11. The molecular weight excluding hydrogens is 194 g/mol. The first-order chi connectivity index (χ1) is 7.13. The molecule has 0 saturated heterocycles. The van der Waals surface area contributed by atoms with E-state index < -0.39 is 0 Å². The van der Waals surface area contributed by atoms with Crippen molar-refractivity contribution in [3.05, 3.63) is 23.3 Å². The van der Waals surface area contributed by atoms with Crippen molar-refractivity contribution in [2.24, 2.45) is 0 Å². The highest BCUT2D eigenvalue weighted by Crippen LogP contribution is 2.29. The molecule has 0 spiro atoms. The number of aryl methyl sites for hydroxylation is 1. The second kappa shape index (κ2) is 4.68. The van der Waals surface area contributed by atoms with E-state index in [1.165, 1.54) is 7.11 Å². The van der Waals surface area contributed by atoms with Gasteiger partial charge in [-0.15, -0.1) is 0 Å². The van der Waals surface area contributed by atoms with E-state index in [0.29, 0.717) is 11.3 Å². The van der Waals surface area contributed by atoms with E-state index in [4.69, 9.17) is 4.74 Å². The maximum Gasteiger partial charge on any atom is 0.337 e. The number of anilines is 1. The standard InChI is InChI=1S/C11H15NO3/c1-7-5-8(11(13)15-4)6-9(14-3)10(7)12-2/h5-6,12H,1-4H3. The number of esters is 1. The van der Waals surface area contributed by atoms with Crippen molar-refractivity contribution in [3.63, 3.8) is 0 Å². The molecule has 0 aromatic heterocycles. The lowest BCUT2D eigenvalue weighted by Crippen LogP contribution is -2.04. The van der Waals surface area contributed by atoms with E-state index in [1.54, 1.807) is 19.2 Å². The lowest BCUT2D eigenvalue weighted by Gasteiger charge is -2.12. The lowest BCUT2D eigenvalue weighted by molar-refractivity contribution is 0.0600. The third kappa shape index (κ3) is 2.21. The first-order valence-electron chi connectivity index (χ1n) is 4.58. The summed E-state index contributed by atoms with van der Waals surface area (Å²) in [5.74, 6) is 0.275. The van der Waals surface area contributed by atoms with Gasteiger partial charge in [0.2, 0.25) is 0 Å². The second-order valence-electron chi connectivity index (χ2n) is 3.11. The normalized spacial score (nSPS) is 9.60. The van der Waals surface area contributed by atoms with Crippen LogP contribution in [0.15, 0.2) is 12.1 Å². The van der Waals surface area contributed by atoms with E-state index in [2.05, 4.69) is 10.1 Å². The molecule has 4 nitrogen and oxygen atoms in total.